The topological polar surface area (TPSA) is 74.4 Å². The molecule has 7 heteroatoms. The largest absolute Gasteiger partial charge is 0.383 e. The van der Waals surface area contributed by atoms with Gasteiger partial charge in [-0.05, 0) is 54.7 Å². The van der Waals surface area contributed by atoms with Gasteiger partial charge in [0, 0.05) is 42.7 Å². The van der Waals surface area contributed by atoms with Crippen LogP contribution in [0.25, 0.3) is 10.8 Å². The van der Waals surface area contributed by atoms with Gasteiger partial charge in [-0.1, -0.05) is 29.8 Å². The molecule has 5 nitrogen and oxygen atoms in total. The van der Waals surface area contributed by atoms with Crippen LogP contribution in [0.3, 0.4) is 0 Å². The van der Waals surface area contributed by atoms with Crippen molar-refractivity contribution in [2.75, 3.05) is 25.6 Å². The predicted molar refractivity (Wildman–Crippen MR) is 126 cm³/mol. The molecule has 0 bridgehead atoms. The molecule has 0 saturated carbocycles. The lowest BCUT2D eigenvalue weighted by atomic mass is 9.97. The third kappa shape index (κ3) is 5.83. The Bertz CT molecular complexity index is 1050. The van der Waals surface area contributed by atoms with Crippen molar-refractivity contribution in [3.63, 3.8) is 0 Å². The molecule has 0 atom stereocenters. The number of benzene rings is 1. The molecular weight excluding hydrogens is 432 g/mol. The second kappa shape index (κ2) is 10.6. The highest BCUT2D eigenvalue weighted by Crippen LogP contribution is 2.29. The zero-order valence-electron chi connectivity index (χ0n) is 17.4. The Morgan fingerprint density at radius 3 is 2.94 bits per heavy atom. The Labute approximate surface area is 191 Å². The molecule has 164 valence electrons. The molecule has 4 rings (SSSR count). The third-order valence-electron chi connectivity index (χ3n) is 5.78. The molecular formula is C24H27ClN2O3S. The summed E-state index contributed by atoms with van der Waals surface area (Å²) in [4.78, 5) is 18.4. The standard InChI is InChI=1S/C24H27ClN2O3S/c25-20-14-22(31-23(20)15-30-12-8-16-6-10-29-11-7-16)21(28)4-2-17-1-3-19-18(13-17)5-9-27-24(19)26/h1,3,5,9,13-14,16H,2,4,6-8,10-12,15H2,(H2,26,27). The molecule has 1 aliphatic rings. The van der Waals surface area contributed by atoms with Crippen LogP contribution in [-0.2, 0) is 22.5 Å². The molecule has 1 fully saturated rings. The minimum Gasteiger partial charge on any atom is -0.383 e. The number of Topliss-reactive ketones (excluding diaryl/α,β-unsaturated/α-hetero) is 1. The van der Waals surface area contributed by atoms with Crippen molar-refractivity contribution >= 4 is 45.3 Å². The normalized spacial score (nSPS) is 14.9. The molecule has 2 aromatic heterocycles. The number of nitrogens with zero attached hydrogens (tertiary/aromatic N) is 1. The first-order valence-electron chi connectivity index (χ1n) is 10.7. The minimum atomic E-state index is 0.106. The first kappa shape index (κ1) is 22.2. The van der Waals surface area contributed by atoms with Gasteiger partial charge in [-0.2, -0.15) is 0 Å². The van der Waals surface area contributed by atoms with Gasteiger partial charge < -0.3 is 15.2 Å². The lowest BCUT2D eigenvalue weighted by molar-refractivity contribution is 0.0450. The number of fused-ring (bicyclic) bond motifs is 1. The number of ether oxygens (including phenoxy) is 2. The van der Waals surface area contributed by atoms with E-state index in [0.29, 0.717) is 47.7 Å². The van der Waals surface area contributed by atoms with Gasteiger partial charge in [0.25, 0.3) is 0 Å². The van der Waals surface area contributed by atoms with Crippen LogP contribution in [0.1, 0.15) is 45.8 Å². The number of nitrogen functional groups attached to an aromatic ring is 1. The third-order valence-corrected chi connectivity index (χ3v) is 7.38. The average Bonchev–Trinajstić information content (AvgIpc) is 3.16. The number of ketones is 1. The molecule has 3 heterocycles. The molecule has 0 radical (unpaired) electrons. The van der Waals surface area contributed by atoms with Crippen LogP contribution in [0.2, 0.25) is 5.02 Å². The van der Waals surface area contributed by atoms with Crippen molar-refractivity contribution in [3.8, 4) is 0 Å². The summed E-state index contributed by atoms with van der Waals surface area (Å²) in [5, 5.41) is 2.59. The van der Waals surface area contributed by atoms with E-state index in [9.17, 15) is 4.79 Å². The zero-order valence-corrected chi connectivity index (χ0v) is 19.0. The van der Waals surface area contributed by atoms with E-state index < -0.39 is 0 Å². The van der Waals surface area contributed by atoms with Crippen molar-refractivity contribution in [1.29, 1.82) is 0 Å². The summed E-state index contributed by atoms with van der Waals surface area (Å²) in [6.07, 6.45) is 6.09. The van der Waals surface area contributed by atoms with Gasteiger partial charge in [0.2, 0.25) is 0 Å². The van der Waals surface area contributed by atoms with Crippen LogP contribution in [0.5, 0.6) is 0 Å². The van der Waals surface area contributed by atoms with Crippen molar-refractivity contribution in [2.24, 2.45) is 5.92 Å². The monoisotopic (exact) mass is 458 g/mol. The van der Waals surface area contributed by atoms with Gasteiger partial charge in [-0.15, -0.1) is 11.3 Å². The number of aromatic nitrogens is 1. The number of hydrogen-bond acceptors (Lipinski definition) is 6. The number of thiophene rings is 1. The second-order valence-electron chi connectivity index (χ2n) is 7.95. The summed E-state index contributed by atoms with van der Waals surface area (Å²) in [7, 11) is 0. The zero-order chi connectivity index (χ0) is 21.6. The SMILES string of the molecule is Nc1nccc2cc(CCC(=O)c3cc(Cl)c(COCCC4CCOCC4)s3)ccc12. The number of rotatable bonds is 9. The smallest absolute Gasteiger partial charge is 0.173 e. The number of halogens is 1. The highest BCUT2D eigenvalue weighted by atomic mass is 35.5. The first-order valence-corrected chi connectivity index (χ1v) is 11.9. The number of hydrogen-bond donors (Lipinski definition) is 1. The summed E-state index contributed by atoms with van der Waals surface area (Å²) in [5.74, 6) is 1.32. The molecule has 0 unspecified atom stereocenters. The van der Waals surface area contributed by atoms with Crippen molar-refractivity contribution < 1.29 is 14.3 Å². The fourth-order valence-electron chi connectivity index (χ4n) is 3.88. The molecule has 1 saturated heterocycles. The Hall–Kier alpha value is -1.99. The quantitative estimate of drug-likeness (QED) is 0.329. The molecule has 0 amide bonds. The number of pyridine rings is 1. The van der Waals surface area contributed by atoms with Crippen molar-refractivity contribution in [2.45, 2.75) is 38.7 Å². The van der Waals surface area contributed by atoms with Gasteiger partial charge >= 0.3 is 0 Å². The van der Waals surface area contributed by atoms with E-state index in [1.54, 1.807) is 12.3 Å². The van der Waals surface area contributed by atoms with Crippen LogP contribution in [-0.4, -0.2) is 30.6 Å². The highest BCUT2D eigenvalue weighted by Gasteiger charge is 2.16. The fourth-order valence-corrected chi connectivity index (χ4v) is 5.18. The van der Waals surface area contributed by atoms with E-state index in [-0.39, 0.29) is 5.78 Å². The Morgan fingerprint density at radius 1 is 1.26 bits per heavy atom. The van der Waals surface area contributed by atoms with Crippen LogP contribution in [0, 0.1) is 5.92 Å². The van der Waals surface area contributed by atoms with Crippen LogP contribution in [0.4, 0.5) is 5.82 Å². The second-order valence-corrected chi connectivity index (χ2v) is 9.50. The number of nitrogens with two attached hydrogens (primary N) is 1. The van der Waals surface area contributed by atoms with Gasteiger partial charge in [0.1, 0.15) is 5.82 Å². The Kier molecular flexibility index (Phi) is 7.56. The average molecular weight is 459 g/mol. The van der Waals surface area contributed by atoms with Gasteiger partial charge in [-0.3, -0.25) is 4.79 Å². The molecule has 3 aromatic rings. The summed E-state index contributed by atoms with van der Waals surface area (Å²) >= 11 is 7.80. The van der Waals surface area contributed by atoms with E-state index in [0.717, 1.165) is 53.7 Å². The fraction of sp³-hybridized carbons (Fsp3) is 0.417. The molecule has 0 spiro atoms. The molecule has 0 aliphatic carbocycles. The molecule has 1 aromatic carbocycles. The maximum atomic E-state index is 12.7. The van der Waals surface area contributed by atoms with E-state index in [1.807, 2.05) is 18.2 Å². The summed E-state index contributed by atoms with van der Waals surface area (Å²) in [6.45, 7) is 2.89. The first-order chi connectivity index (χ1) is 15.1. The predicted octanol–water partition coefficient (Wildman–Crippen LogP) is 5.68. The van der Waals surface area contributed by atoms with Crippen molar-refractivity contribution in [3.05, 3.63) is 56.9 Å². The van der Waals surface area contributed by atoms with Crippen LogP contribution >= 0.6 is 22.9 Å². The van der Waals surface area contributed by atoms with E-state index >= 15 is 0 Å². The van der Waals surface area contributed by atoms with Gasteiger partial charge in [0.15, 0.2) is 5.78 Å². The number of anilines is 1. The minimum absolute atomic E-state index is 0.106. The number of carbonyl (C=O) groups excluding carboxylic acids is 1. The maximum Gasteiger partial charge on any atom is 0.173 e. The lowest BCUT2D eigenvalue weighted by Crippen LogP contribution is -2.17. The molecule has 31 heavy (non-hydrogen) atoms. The molecule has 2 N–H and O–H groups in total. The molecule has 1 aliphatic heterocycles. The van der Waals surface area contributed by atoms with Crippen molar-refractivity contribution in [1.82, 2.24) is 4.98 Å². The van der Waals surface area contributed by atoms with Crippen LogP contribution < -0.4 is 5.73 Å². The van der Waals surface area contributed by atoms with Gasteiger partial charge in [-0.25, -0.2) is 4.98 Å². The highest BCUT2D eigenvalue weighted by molar-refractivity contribution is 7.14. The van der Waals surface area contributed by atoms with E-state index in [2.05, 4.69) is 11.1 Å². The maximum absolute atomic E-state index is 12.7. The summed E-state index contributed by atoms with van der Waals surface area (Å²) in [6, 6.07) is 9.75. The van der Waals surface area contributed by atoms with E-state index in [1.165, 1.54) is 11.3 Å². The number of carbonyl (C=O) groups is 1. The summed E-state index contributed by atoms with van der Waals surface area (Å²) < 4.78 is 11.2. The van der Waals surface area contributed by atoms with Crippen LogP contribution in [0.15, 0.2) is 36.5 Å². The van der Waals surface area contributed by atoms with Gasteiger partial charge in [0.05, 0.1) is 16.5 Å². The Morgan fingerprint density at radius 2 is 2.10 bits per heavy atom. The number of aryl methyl sites for hydroxylation is 1. The van der Waals surface area contributed by atoms with E-state index in [4.69, 9.17) is 26.8 Å². The lowest BCUT2D eigenvalue weighted by Gasteiger charge is -2.21. The summed E-state index contributed by atoms with van der Waals surface area (Å²) in [5.41, 5.74) is 7.01. The Balaban J connectivity index is 1.28.